The Morgan fingerprint density at radius 1 is 1.47 bits per heavy atom. The SMILES string of the molecule is Cc1cc(Br)c2c(c1)CN(Cc1cnc(N)s1)CC2. The van der Waals surface area contributed by atoms with Crippen LogP contribution in [0.2, 0.25) is 0 Å². The van der Waals surface area contributed by atoms with Crippen LogP contribution >= 0.6 is 27.3 Å². The molecule has 0 atom stereocenters. The molecule has 0 saturated heterocycles. The minimum atomic E-state index is 0.658. The van der Waals surface area contributed by atoms with Gasteiger partial charge in [0, 0.05) is 35.2 Å². The lowest BCUT2D eigenvalue weighted by Gasteiger charge is -2.29. The van der Waals surface area contributed by atoms with Crippen molar-refractivity contribution in [1.29, 1.82) is 0 Å². The van der Waals surface area contributed by atoms with Gasteiger partial charge in [0.1, 0.15) is 0 Å². The Hall–Kier alpha value is -0.910. The molecule has 0 bridgehead atoms. The van der Waals surface area contributed by atoms with E-state index in [4.69, 9.17) is 5.73 Å². The Morgan fingerprint density at radius 3 is 3.05 bits per heavy atom. The van der Waals surface area contributed by atoms with Gasteiger partial charge >= 0.3 is 0 Å². The molecule has 0 saturated carbocycles. The Bertz CT molecular complexity index is 609. The molecule has 2 aromatic rings. The molecule has 1 aromatic heterocycles. The normalized spacial score (nSPS) is 15.5. The monoisotopic (exact) mass is 337 g/mol. The Labute approximate surface area is 125 Å². The third-order valence-electron chi connectivity index (χ3n) is 3.46. The van der Waals surface area contributed by atoms with E-state index in [0.717, 1.165) is 26.1 Å². The van der Waals surface area contributed by atoms with Crippen molar-refractivity contribution >= 4 is 32.4 Å². The van der Waals surface area contributed by atoms with Gasteiger partial charge in [-0.05, 0) is 36.1 Å². The average molecular weight is 338 g/mol. The highest BCUT2D eigenvalue weighted by Crippen LogP contribution is 2.29. The summed E-state index contributed by atoms with van der Waals surface area (Å²) in [6, 6.07) is 4.51. The highest BCUT2D eigenvalue weighted by atomic mass is 79.9. The van der Waals surface area contributed by atoms with Crippen LogP contribution in [0, 0.1) is 6.92 Å². The number of nitrogens with two attached hydrogens (primary N) is 1. The van der Waals surface area contributed by atoms with Crippen molar-refractivity contribution in [3.63, 3.8) is 0 Å². The van der Waals surface area contributed by atoms with E-state index in [9.17, 15) is 0 Å². The fraction of sp³-hybridized carbons (Fsp3) is 0.357. The van der Waals surface area contributed by atoms with Gasteiger partial charge in [0.05, 0.1) is 0 Å². The maximum Gasteiger partial charge on any atom is 0.180 e. The van der Waals surface area contributed by atoms with Gasteiger partial charge in [-0.1, -0.05) is 22.0 Å². The summed E-state index contributed by atoms with van der Waals surface area (Å²) in [7, 11) is 0. The summed E-state index contributed by atoms with van der Waals surface area (Å²) >= 11 is 5.26. The summed E-state index contributed by atoms with van der Waals surface area (Å²) in [6.45, 7) is 5.19. The average Bonchev–Trinajstić information content (AvgIpc) is 2.74. The first-order valence-electron chi connectivity index (χ1n) is 6.32. The number of hydrogen-bond donors (Lipinski definition) is 1. The zero-order valence-corrected chi connectivity index (χ0v) is 13.2. The number of fused-ring (bicyclic) bond motifs is 1. The molecule has 0 spiro atoms. The predicted octanol–water partition coefficient (Wildman–Crippen LogP) is 3.35. The van der Waals surface area contributed by atoms with Crippen LogP contribution < -0.4 is 5.73 Å². The summed E-state index contributed by atoms with van der Waals surface area (Å²) in [5, 5.41) is 0.658. The molecule has 0 fully saturated rings. The number of aryl methyl sites for hydroxylation is 1. The van der Waals surface area contributed by atoms with Crippen LogP contribution in [0.5, 0.6) is 0 Å². The summed E-state index contributed by atoms with van der Waals surface area (Å²) in [4.78, 5) is 7.82. The molecular formula is C14H16BrN3S. The van der Waals surface area contributed by atoms with Crippen molar-refractivity contribution in [2.45, 2.75) is 26.4 Å². The minimum Gasteiger partial charge on any atom is -0.375 e. The smallest absolute Gasteiger partial charge is 0.180 e. The van der Waals surface area contributed by atoms with E-state index in [0.29, 0.717) is 5.13 Å². The number of rotatable bonds is 2. The highest BCUT2D eigenvalue weighted by Gasteiger charge is 2.19. The third kappa shape index (κ3) is 2.83. The number of hydrogen-bond acceptors (Lipinski definition) is 4. The van der Waals surface area contributed by atoms with Crippen molar-refractivity contribution in [3.8, 4) is 0 Å². The number of thiazole rings is 1. The number of anilines is 1. The topological polar surface area (TPSA) is 42.2 Å². The quantitative estimate of drug-likeness (QED) is 0.913. The van der Waals surface area contributed by atoms with E-state index in [-0.39, 0.29) is 0 Å². The minimum absolute atomic E-state index is 0.658. The number of benzene rings is 1. The van der Waals surface area contributed by atoms with E-state index < -0.39 is 0 Å². The van der Waals surface area contributed by atoms with Crippen LogP contribution in [0.3, 0.4) is 0 Å². The molecule has 3 rings (SSSR count). The van der Waals surface area contributed by atoms with Crippen molar-refractivity contribution in [1.82, 2.24) is 9.88 Å². The number of nitrogens with zero attached hydrogens (tertiary/aromatic N) is 2. The summed E-state index contributed by atoms with van der Waals surface area (Å²) in [5.74, 6) is 0. The van der Waals surface area contributed by atoms with Crippen LogP contribution in [0.4, 0.5) is 5.13 Å². The maximum atomic E-state index is 5.68. The van der Waals surface area contributed by atoms with Gasteiger partial charge in [0.25, 0.3) is 0 Å². The molecule has 5 heteroatoms. The zero-order chi connectivity index (χ0) is 13.4. The van der Waals surface area contributed by atoms with Crippen LogP contribution in [-0.2, 0) is 19.5 Å². The predicted molar refractivity (Wildman–Crippen MR) is 83.2 cm³/mol. The molecule has 1 aromatic carbocycles. The number of halogens is 1. The van der Waals surface area contributed by atoms with E-state index >= 15 is 0 Å². The van der Waals surface area contributed by atoms with Crippen LogP contribution in [0.1, 0.15) is 21.6 Å². The second-order valence-corrected chi connectivity index (χ2v) is 7.01. The van der Waals surface area contributed by atoms with Crippen LogP contribution in [0.15, 0.2) is 22.8 Å². The molecule has 0 unspecified atom stereocenters. The van der Waals surface area contributed by atoms with Gasteiger partial charge in [-0.15, -0.1) is 11.3 Å². The lowest BCUT2D eigenvalue weighted by molar-refractivity contribution is 0.247. The van der Waals surface area contributed by atoms with E-state index in [1.54, 1.807) is 11.3 Å². The zero-order valence-electron chi connectivity index (χ0n) is 10.8. The van der Waals surface area contributed by atoms with Gasteiger partial charge < -0.3 is 5.73 Å². The molecule has 1 aliphatic heterocycles. The van der Waals surface area contributed by atoms with Gasteiger partial charge in [-0.2, -0.15) is 0 Å². The van der Waals surface area contributed by atoms with Crippen molar-refractivity contribution in [3.05, 3.63) is 44.4 Å². The molecule has 19 heavy (non-hydrogen) atoms. The highest BCUT2D eigenvalue weighted by molar-refractivity contribution is 9.10. The lowest BCUT2D eigenvalue weighted by atomic mass is 9.98. The molecule has 0 amide bonds. The molecule has 100 valence electrons. The Balaban J connectivity index is 1.78. The first-order valence-corrected chi connectivity index (χ1v) is 7.93. The fourth-order valence-electron chi connectivity index (χ4n) is 2.61. The van der Waals surface area contributed by atoms with Crippen molar-refractivity contribution in [2.75, 3.05) is 12.3 Å². The second kappa shape index (κ2) is 5.23. The van der Waals surface area contributed by atoms with E-state index in [1.165, 1.54) is 26.0 Å². The fourth-order valence-corrected chi connectivity index (χ4v) is 4.15. The number of nitrogen functional groups attached to an aromatic ring is 1. The Morgan fingerprint density at radius 2 is 2.32 bits per heavy atom. The first-order chi connectivity index (χ1) is 9.11. The maximum absolute atomic E-state index is 5.68. The molecule has 2 N–H and O–H groups in total. The molecule has 3 nitrogen and oxygen atoms in total. The van der Waals surface area contributed by atoms with E-state index in [1.807, 2.05) is 6.20 Å². The lowest BCUT2D eigenvalue weighted by Crippen LogP contribution is -2.30. The molecule has 0 aliphatic carbocycles. The molecule has 0 radical (unpaired) electrons. The summed E-state index contributed by atoms with van der Waals surface area (Å²) in [5.41, 5.74) is 9.90. The van der Waals surface area contributed by atoms with Crippen molar-refractivity contribution in [2.24, 2.45) is 0 Å². The first kappa shape index (κ1) is 13.1. The van der Waals surface area contributed by atoms with Gasteiger partial charge in [0.15, 0.2) is 5.13 Å². The van der Waals surface area contributed by atoms with Crippen LogP contribution in [0.25, 0.3) is 0 Å². The molecular weight excluding hydrogens is 322 g/mol. The van der Waals surface area contributed by atoms with E-state index in [2.05, 4.69) is 44.9 Å². The summed E-state index contributed by atoms with van der Waals surface area (Å²) < 4.78 is 1.25. The molecule has 2 heterocycles. The standard InChI is InChI=1S/C14H16BrN3S/c1-9-4-10-7-18(3-2-12(10)13(15)5-9)8-11-6-17-14(16)19-11/h4-6H,2-3,7-8H2,1H3,(H2,16,17). The number of aromatic nitrogens is 1. The van der Waals surface area contributed by atoms with Gasteiger partial charge in [-0.3, -0.25) is 4.90 Å². The Kier molecular flexibility index (Phi) is 3.60. The third-order valence-corrected chi connectivity index (χ3v) is 4.97. The summed E-state index contributed by atoms with van der Waals surface area (Å²) in [6.07, 6.45) is 2.99. The van der Waals surface area contributed by atoms with Crippen LogP contribution in [-0.4, -0.2) is 16.4 Å². The van der Waals surface area contributed by atoms with Gasteiger partial charge in [-0.25, -0.2) is 4.98 Å². The van der Waals surface area contributed by atoms with Gasteiger partial charge in [0.2, 0.25) is 0 Å². The molecule has 1 aliphatic rings. The van der Waals surface area contributed by atoms with Crippen molar-refractivity contribution < 1.29 is 0 Å². The second-order valence-electron chi connectivity index (χ2n) is 5.01. The largest absolute Gasteiger partial charge is 0.375 e.